The lowest BCUT2D eigenvalue weighted by Crippen LogP contribution is -2.41. The van der Waals surface area contributed by atoms with Gasteiger partial charge >= 0.3 is 7.12 Å². The van der Waals surface area contributed by atoms with Crippen LogP contribution in [0.25, 0.3) is 0 Å². The van der Waals surface area contributed by atoms with Crippen LogP contribution in [-0.2, 0) is 25.7 Å². The fourth-order valence-corrected chi connectivity index (χ4v) is 2.00. The molecule has 0 saturated carbocycles. The third-order valence-electron chi connectivity index (χ3n) is 3.85. The van der Waals surface area contributed by atoms with Crippen molar-refractivity contribution >= 4 is 12.6 Å². The van der Waals surface area contributed by atoms with Crippen LogP contribution in [0.15, 0.2) is 18.2 Å². The van der Waals surface area contributed by atoms with E-state index in [9.17, 15) is 4.39 Å². The number of hydrogen-bond donors (Lipinski definition) is 0. The van der Waals surface area contributed by atoms with Crippen LogP contribution in [0.4, 0.5) is 4.39 Å². The molecule has 20 heavy (non-hydrogen) atoms. The zero-order chi connectivity index (χ0) is 15.0. The van der Waals surface area contributed by atoms with Crippen molar-refractivity contribution in [2.24, 2.45) is 0 Å². The Morgan fingerprint density at radius 2 is 1.70 bits per heavy atom. The fraction of sp³-hybridized carbons (Fsp3) is 0.571. The Labute approximate surface area is 119 Å². The molecule has 0 spiro atoms. The molecule has 1 aliphatic rings. The first-order chi connectivity index (χ1) is 9.25. The van der Waals surface area contributed by atoms with Gasteiger partial charge in [-0.2, -0.15) is 0 Å². The van der Waals surface area contributed by atoms with E-state index in [0.29, 0.717) is 11.0 Å². The normalized spacial score (nSPS) is 20.4. The molecule has 4 nitrogen and oxygen atoms in total. The van der Waals surface area contributed by atoms with E-state index in [1.54, 1.807) is 6.07 Å². The van der Waals surface area contributed by atoms with Crippen molar-refractivity contribution in [3.8, 4) is 0 Å². The summed E-state index contributed by atoms with van der Waals surface area (Å²) in [5, 5.41) is 0. The maximum Gasteiger partial charge on any atom is 0.494 e. The molecule has 1 aromatic carbocycles. The van der Waals surface area contributed by atoms with Crippen LogP contribution in [-0.4, -0.2) is 25.4 Å². The Morgan fingerprint density at radius 1 is 1.10 bits per heavy atom. The van der Waals surface area contributed by atoms with Crippen LogP contribution in [0, 0.1) is 5.82 Å². The molecule has 0 amide bonds. The first kappa shape index (κ1) is 15.4. The molecule has 1 saturated heterocycles. The second-order valence-corrected chi connectivity index (χ2v) is 5.91. The quantitative estimate of drug-likeness (QED) is 0.482. The number of benzene rings is 1. The van der Waals surface area contributed by atoms with E-state index in [1.165, 1.54) is 19.2 Å². The van der Waals surface area contributed by atoms with Crippen LogP contribution in [0.2, 0.25) is 0 Å². The third kappa shape index (κ3) is 3.04. The van der Waals surface area contributed by atoms with E-state index in [2.05, 4.69) is 4.89 Å². The van der Waals surface area contributed by atoms with Gasteiger partial charge in [-0.05, 0) is 50.9 Å². The van der Waals surface area contributed by atoms with Crippen molar-refractivity contribution < 1.29 is 23.5 Å². The minimum atomic E-state index is -0.586. The van der Waals surface area contributed by atoms with Gasteiger partial charge in [-0.3, -0.25) is 0 Å². The summed E-state index contributed by atoms with van der Waals surface area (Å²) in [6, 6.07) is 4.61. The summed E-state index contributed by atoms with van der Waals surface area (Å²) in [7, 11) is 0.825. The van der Waals surface area contributed by atoms with E-state index >= 15 is 0 Å². The van der Waals surface area contributed by atoms with Gasteiger partial charge in [-0.25, -0.2) is 14.2 Å². The Bertz CT molecular complexity index is 474. The molecule has 1 aromatic rings. The van der Waals surface area contributed by atoms with Gasteiger partial charge in [0, 0.05) is 0 Å². The Kier molecular flexibility index (Phi) is 4.20. The van der Waals surface area contributed by atoms with Crippen LogP contribution in [0.1, 0.15) is 33.3 Å². The highest BCUT2D eigenvalue weighted by Gasteiger charge is 2.51. The summed E-state index contributed by atoms with van der Waals surface area (Å²) in [5.74, 6) is -0.355. The minimum Gasteiger partial charge on any atom is -0.399 e. The zero-order valence-electron chi connectivity index (χ0n) is 12.5. The molecule has 0 aliphatic carbocycles. The largest absolute Gasteiger partial charge is 0.494 e. The Hall–Kier alpha value is -0.945. The molecule has 0 radical (unpaired) electrons. The van der Waals surface area contributed by atoms with Gasteiger partial charge in [0.25, 0.3) is 0 Å². The van der Waals surface area contributed by atoms with E-state index in [-0.39, 0.29) is 12.4 Å². The van der Waals surface area contributed by atoms with Gasteiger partial charge < -0.3 is 9.31 Å². The SMILES string of the molecule is COOCc1cc(F)cc(B2OC(C)(C)C(C)(C)O2)c1. The maximum atomic E-state index is 13.7. The summed E-state index contributed by atoms with van der Waals surface area (Å²) in [6.45, 7) is 8.01. The average molecular weight is 282 g/mol. The fourth-order valence-electron chi connectivity index (χ4n) is 2.00. The van der Waals surface area contributed by atoms with Gasteiger partial charge in [-0.1, -0.05) is 6.07 Å². The monoisotopic (exact) mass is 282 g/mol. The summed E-state index contributed by atoms with van der Waals surface area (Å²) in [4.78, 5) is 9.36. The molecule has 0 unspecified atom stereocenters. The number of hydrogen-bond acceptors (Lipinski definition) is 4. The molecule has 1 heterocycles. The highest BCUT2D eigenvalue weighted by molar-refractivity contribution is 6.62. The van der Waals surface area contributed by atoms with E-state index < -0.39 is 18.3 Å². The smallest absolute Gasteiger partial charge is 0.399 e. The predicted molar refractivity (Wildman–Crippen MR) is 73.9 cm³/mol. The standard InChI is InChI=1S/C14H20BFO4/c1-13(2)14(3,4)20-15(19-13)11-6-10(9-18-17-5)7-12(16)8-11/h6-8H,9H2,1-5H3. The molecule has 110 valence electrons. The molecule has 0 atom stereocenters. The molecule has 2 rings (SSSR count). The van der Waals surface area contributed by atoms with Crippen LogP contribution < -0.4 is 5.46 Å². The van der Waals surface area contributed by atoms with E-state index in [4.69, 9.17) is 14.2 Å². The van der Waals surface area contributed by atoms with Crippen molar-refractivity contribution in [3.63, 3.8) is 0 Å². The lowest BCUT2D eigenvalue weighted by Gasteiger charge is -2.32. The second-order valence-electron chi connectivity index (χ2n) is 5.91. The summed E-state index contributed by atoms with van der Waals surface area (Å²) in [5.41, 5.74) is 0.398. The second kappa shape index (κ2) is 5.45. The molecule has 1 aliphatic heterocycles. The zero-order valence-corrected chi connectivity index (χ0v) is 12.5. The highest BCUT2D eigenvalue weighted by Crippen LogP contribution is 2.36. The van der Waals surface area contributed by atoms with Crippen molar-refractivity contribution in [1.29, 1.82) is 0 Å². The van der Waals surface area contributed by atoms with Crippen LogP contribution in [0.3, 0.4) is 0 Å². The van der Waals surface area contributed by atoms with Crippen molar-refractivity contribution in [2.75, 3.05) is 7.11 Å². The maximum absolute atomic E-state index is 13.7. The first-order valence-electron chi connectivity index (χ1n) is 6.56. The van der Waals surface area contributed by atoms with Gasteiger partial charge in [0.05, 0.1) is 18.3 Å². The molecule has 1 fully saturated rings. The van der Waals surface area contributed by atoms with Crippen LogP contribution in [0.5, 0.6) is 0 Å². The van der Waals surface area contributed by atoms with Gasteiger partial charge in [0.2, 0.25) is 0 Å². The van der Waals surface area contributed by atoms with Gasteiger partial charge in [-0.15, -0.1) is 0 Å². The molecule has 0 aromatic heterocycles. The minimum absolute atomic E-state index is 0.167. The van der Waals surface area contributed by atoms with Gasteiger partial charge in [0.1, 0.15) is 12.4 Å². The van der Waals surface area contributed by atoms with Crippen molar-refractivity contribution in [1.82, 2.24) is 0 Å². The topological polar surface area (TPSA) is 36.9 Å². The lowest BCUT2D eigenvalue weighted by molar-refractivity contribution is -0.282. The predicted octanol–water partition coefficient (Wildman–Crippen LogP) is 2.20. The van der Waals surface area contributed by atoms with Crippen molar-refractivity contribution in [3.05, 3.63) is 29.6 Å². The summed E-state index contributed by atoms with van der Waals surface area (Å²) >= 11 is 0. The van der Waals surface area contributed by atoms with Gasteiger partial charge in [0.15, 0.2) is 0 Å². The Morgan fingerprint density at radius 3 is 2.25 bits per heavy atom. The third-order valence-corrected chi connectivity index (χ3v) is 3.85. The molecule has 0 N–H and O–H groups in total. The van der Waals surface area contributed by atoms with Crippen molar-refractivity contribution in [2.45, 2.75) is 45.5 Å². The number of halogens is 1. The number of rotatable bonds is 4. The Balaban J connectivity index is 2.23. The van der Waals surface area contributed by atoms with Crippen LogP contribution >= 0.6 is 0 Å². The highest BCUT2D eigenvalue weighted by atomic mass is 19.1. The summed E-state index contributed by atoms with van der Waals surface area (Å²) in [6.07, 6.45) is 0. The molecule has 6 heteroatoms. The molecular weight excluding hydrogens is 262 g/mol. The summed E-state index contributed by atoms with van der Waals surface area (Å²) < 4.78 is 25.5. The lowest BCUT2D eigenvalue weighted by atomic mass is 9.78. The van der Waals surface area contributed by atoms with E-state index in [0.717, 1.165) is 0 Å². The molecular formula is C14H20BFO4. The van der Waals surface area contributed by atoms with E-state index in [1.807, 2.05) is 27.7 Å². The molecule has 0 bridgehead atoms. The first-order valence-corrected chi connectivity index (χ1v) is 6.56. The average Bonchev–Trinajstić information content (AvgIpc) is 2.55.